The molecule has 7 heteroatoms. The average molecular weight is 399 g/mol. The van der Waals surface area contributed by atoms with Gasteiger partial charge < -0.3 is 25.0 Å². The van der Waals surface area contributed by atoms with Gasteiger partial charge in [-0.3, -0.25) is 9.79 Å². The number of rotatable bonds is 8. The van der Waals surface area contributed by atoms with Gasteiger partial charge in [-0.15, -0.1) is 0 Å². The van der Waals surface area contributed by atoms with Gasteiger partial charge in [-0.1, -0.05) is 12.1 Å². The van der Waals surface area contributed by atoms with E-state index >= 15 is 0 Å². The van der Waals surface area contributed by atoms with Crippen molar-refractivity contribution in [3.05, 3.63) is 53.6 Å². The maximum atomic E-state index is 12.1. The molecule has 29 heavy (non-hydrogen) atoms. The molecule has 2 aromatic carbocycles. The average Bonchev–Trinajstić information content (AvgIpc) is 2.73. The van der Waals surface area contributed by atoms with Crippen molar-refractivity contribution >= 4 is 17.6 Å². The molecule has 0 unspecified atom stereocenters. The van der Waals surface area contributed by atoms with E-state index in [2.05, 4.69) is 15.6 Å². The van der Waals surface area contributed by atoms with Crippen LogP contribution in [-0.4, -0.2) is 58.2 Å². The van der Waals surface area contributed by atoms with Crippen LogP contribution in [0, 0.1) is 0 Å². The molecule has 1 amide bonds. The van der Waals surface area contributed by atoms with Gasteiger partial charge in [-0.2, -0.15) is 0 Å². The molecule has 0 spiro atoms. The molecule has 0 bridgehead atoms. The molecule has 0 radical (unpaired) electrons. The topological polar surface area (TPSA) is 75.2 Å². The van der Waals surface area contributed by atoms with Crippen molar-refractivity contribution in [2.75, 3.05) is 46.7 Å². The summed E-state index contributed by atoms with van der Waals surface area (Å²) < 4.78 is 10.6. The van der Waals surface area contributed by atoms with Crippen LogP contribution in [0.3, 0.4) is 0 Å². The van der Waals surface area contributed by atoms with Crippen LogP contribution in [0.5, 0.6) is 11.5 Å². The highest BCUT2D eigenvalue weighted by atomic mass is 16.5. The highest BCUT2D eigenvalue weighted by Gasteiger charge is 2.09. The number of carbonyl (C=O) groups is 1. The molecule has 0 aliphatic rings. The number of hydrogen-bond donors (Lipinski definition) is 2. The van der Waals surface area contributed by atoms with Crippen molar-refractivity contribution in [3.8, 4) is 11.5 Å². The molecule has 2 aromatic rings. The van der Waals surface area contributed by atoms with Gasteiger partial charge >= 0.3 is 0 Å². The predicted molar refractivity (Wildman–Crippen MR) is 117 cm³/mol. The van der Waals surface area contributed by atoms with Gasteiger partial charge in [-0.25, -0.2) is 0 Å². The number of amides is 1. The number of anilines is 1. The fourth-order valence-corrected chi connectivity index (χ4v) is 2.77. The zero-order valence-electron chi connectivity index (χ0n) is 17.8. The molecule has 0 heterocycles. The van der Waals surface area contributed by atoms with Crippen LogP contribution in [0.25, 0.3) is 0 Å². The Labute approximate surface area is 172 Å². The van der Waals surface area contributed by atoms with Crippen LogP contribution in [0.2, 0.25) is 0 Å². The first kappa shape index (κ1) is 22.1. The standard InChI is InChI=1S/C22H30N4O3/c1-6-23-22(25-18-10-11-19(28-4)20(15-18)29-5)24-13-12-16-8-7-9-17(14-16)21(27)26(2)3/h7-11,14-15H,6,12-13H2,1-5H3,(H2,23,24,25). The summed E-state index contributed by atoms with van der Waals surface area (Å²) in [6.07, 6.45) is 0.733. The van der Waals surface area contributed by atoms with Crippen LogP contribution in [0.4, 0.5) is 5.69 Å². The van der Waals surface area contributed by atoms with Crippen LogP contribution in [0.15, 0.2) is 47.5 Å². The maximum Gasteiger partial charge on any atom is 0.253 e. The number of aliphatic imine (C=N–C) groups is 1. The summed E-state index contributed by atoms with van der Waals surface area (Å²) in [5.74, 6) is 2.00. The zero-order valence-corrected chi connectivity index (χ0v) is 17.8. The number of methoxy groups -OCH3 is 2. The normalized spacial score (nSPS) is 11.0. The van der Waals surface area contributed by atoms with Crippen molar-refractivity contribution in [2.24, 2.45) is 4.99 Å². The molecule has 156 valence electrons. The summed E-state index contributed by atoms with van der Waals surface area (Å²) in [5.41, 5.74) is 2.61. The Morgan fingerprint density at radius 2 is 1.83 bits per heavy atom. The second-order valence-electron chi connectivity index (χ2n) is 6.61. The van der Waals surface area contributed by atoms with Gasteiger partial charge in [0, 0.05) is 44.5 Å². The second-order valence-corrected chi connectivity index (χ2v) is 6.61. The van der Waals surface area contributed by atoms with Crippen molar-refractivity contribution < 1.29 is 14.3 Å². The Balaban J connectivity index is 2.06. The molecule has 2 rings (SSSR count). The summed E-state index contributed by atoms with van der Waals surface area (Å²) in [6.45, 7) is 3.34. The van der Waals surface area contributed by atoms with Crippen molar-refractivity contribution in [1.82, 2.24) is 10.2 Å². The van der Waals surface area contributed by atoms with E-state index in [4.69, 9.17) is 9.47 Å². The molecule has 7 nitrogen and oxygen atoms in total. The van der Waals surface area contributed by atoms with Crippen LogP contribution in [-0.2, 0) is 6.42 Å². The Bertz CT molecular complexity index is 850. The second kappa shape index (κ2) is 10.9. The van der Waals surface area contributed by atoms with E-state index < -0.39 is 0 Å². The first-order valence-corrected chi connectivity index (χ1v) is 9.56. The minimum absolute atomic E-state index is 0.00110. The van der Waals surface area contributed by atoms with Crippen LogP contribution in [0.1, 0.15) is 22.8 Å². The lowest BCUT2D eigenvalue weighted by atomic mass is 10.1. The summed E-state index contributed by atoms with van der Waals surface area (Å²) in [6, 6.07) is 13.3. The maximum absolute atomic E-state index is 12.1. The minimum Gasteiger partial charge on any atom is -0.493 e. The van der Waals surface area contributed by atoms with Crippen molar-refractivity contribution in [3.63, 3.8) is 0 Å². The van der Waals surface area contributed by atoms with Gasteiger partial charge in [0.05, 0.1) is 14.2 Å². The third kappa shape index (κ3) is 6.41. The molecule has 0 saturated heterocycles. The smallest absolute Gasteiger partial charge is 0.253 e. The van der Waals surface area contributed by atoms with Crippen molar-refractivity contribution in [2.45, 2.75) is 13.3 Å². The van der Waals surface area contributed by atoms with E-state index in [0.717, 1.165) is 24.2 Å². The summed E-state index contributed by atoms with van der Waals surface area (Å²) in [4.78, 5) is 18.3. The highest BCUT2D eigenvalue weighted by Crippen LogP contribution is 2.29. The van der Waals surface area contributed by atoms with Crippen LogP contribution < -0.4 is 20.1 Å². The number of ether oxygens (including phenoxy) is 2. The van der Waals surface area contributed by atoms with E-state index in [0.29, 0.717) is 29.6 Å². The Hall–Kier alpha value is -3.22. The Morgan fingerprint density at radius 3 is 2.48 bits per heavy atom. The van der Waals surface area contributed by atoms with E-state index in [1.54, 1.807) is 33.2 Å². The molecule has 0 saturated carbocycles. The first-order chi connectivity index (χ1) is 14.0. The molecule has 0 aliphatic carbocycles. The van der Waals surface area contributed by atoms with Gasteiger partial charge in [0.25, 0.3) is 5.91 Å². The number of guanidine groups is 1. The predicted octanol–water partition coefficient (Wildman–Crippen LogP) is 3.03. The molecular formula is C22H30N4O3. The van der Waals surface area contributed by atoms with Gasteiger partial charge in [0.2, 0.25) is 0 Å². The van der Waals surface area contributed by atoms with Gasteiger partial charge in [0.15, 0.2) is 17.5 Å². The lowest BCUT2D eigenvalue weighted by Crippen LogP contribution is -2.30. The fourth-order valence-electron chi connectivity index (χ4n) is 2.77. The summed E-state index contributed by atoms with van der Waals surface area (Å²) >= 11 is 0. The number of nitrogens with one attached hydrogen (secondary N) is 2. The lowest BCUT2D eigenvalue weighted by molar-refractivity contribution is 0.0827. The highest BCUT2D eigenvalue weighted by molar-refractivity contribution is 5.94. The van der Waals surface area contributed by atoms with E-state index in [1.165, 1.54) is 0 Å². The Kier molecular flexibility index (Phi) is 8.33. The third-order valence-corrected chi connectivity index (χ3v) is 4.24. The van der Waals surface area contributed by atoms with E-state index in [9.17, 15) is 4.79 Å². The fraction of sp³-hybridized carbons (Fsp3) is 0.364. The molecule has 2 N–H and O–H groups in total. The molecule has 0 aromatic heterocycles. The number of benzene rings is 2. The van der Waals surface area contributed by atoms with E-state index in [1.807, 2.05) is 49.4 Å². The largest absolute Gasteiger partial charge is 0.493 e. The Morgan fingerprint density at radius 1 is 1.07 bits per heavy atom. The van der Waals surface area contributed by atoms with Crippen LogP contribution >= 0.6 is 0 Å². The summed E-state index contributed by atoms with van der Waals surface area (Å²) in [5, 5.41) is 6.51. The molecule has 0 fully saturated rings. The SMILES string of the molecule is CCNC(=NCCc1cccc(C(=O)N(C)C)c1)Nc1ccc(OC)c(OC)c1. The first-order valence-electron chi connectivity index (χ1n) is 9.56. The van der Waals surface area contributed by atoms with E-state index in [-0.39, 0.29) is 5.91 Å². The number of hydrogen-bond acceptors (Lipinski definition) is 4. The summed E-state index contributed by atoms with van der Waals surface area (Å²) in [7, 11) is 6.72. The van der Waals surface area contributed by atoms with Gasteiger partial charge in [-0.05, 0) is 43.2 Å². The van der Waals surface area contributed by atoms with Crippen molar-refractivity contribution in [1.29, 1.82) is 0 Å². The number of nitrogens with zero attached hydrogens (tertiary/aromatic N) is 2. The third-order valence-electron chi connectivity index (χ3n) is 4.24. The molecule has 0 atom stereocenters. The minimum atomic E-state index is -0.00110. The van der Waals surface area contributed by atoms with Gasteiger partial charge in [0.1, 0.15) is 0 Å². The molecular weight excluding hydrogens is 368 g/mol. The lowest BCUT2D eigenvalue weighted by Gasteiger charge is -2.14. The zero-order chi connectivity index (χ0) is 21.2. The molecule has 0 aliphatic heterocycles. The monoisotopic (exact) mass is 398 g/mol. The number of carbonyl (C=O) groups excluding carboxylic acids is 1. The quantitative estimate of drug-likeness (QED) is 0.528.